The Hall–Kier alpha value is -9.22. The summed E-state index contributed by atoms with van der Waals surface area (Å²) in [6, 6.07) is 19.0. The molecule has 490 valence electrons. The van der Waals surface area contributed by atoms with Crippen molar-refractivity contribution >= 4 is 98.2 Å². The Kier molecular flexibility index (Phi) is 28.1. The Morgan fingerprint density at radius 3 is 1.68 bits per heavy atom. The van der Waals surface area contributed by atoms with Gasteiger partial charge in [0.25, 0.3) is 5.91 Å². The third-order valence-corrected chi connectivity index (χ3v) is 17.2. The molecule has 1 aliphatic rings. The van der Waals surface area contributed by atoms with Crippen LogP contribution in [-0.4, -0.2) is 166 Å². The molecule has 1 heterocycles. The van der Waals surface area contributed by atoms with Gasteiger partial charge in [-0.05, 0) is 123 Å². The van der Waals surface area contributed by atoms with Gasteiger partial charge in [0.05, 0.1) is 12.6 Å². The summed E-state index contributed by atoms with van der Waals surface area (Å²) in [6.07, 6.45) is -1.80. The topological polar surface area (TPSA) is 421 Å². The van der Waals surface area contributed by atoms with Crippen LogP contribution in [0.1, 0.15) is 69.2 Å². The number of rotatable bonds is 24. The lowest BCUT2D eigenvalue weighted by atomic mass is 10.00. The van der Waals surface area contributed by atoms with Crippen LogP contribution in [0.2, 0.25) is 5.02 Å². The van der Waals surface area contributed by atoms with Crippen molar-refractivity contribution in [3.63, 3.8) is 0 Å². The van der Waals surface area contributed by atoms with Gasteiger partial charge in [-0.3, -0.25) is 52.7 Å². The average Bonchev–Trinajstić information content (AvgIpc) is 1.11. The Bertz CT molecular complexity index is 3370. The summed E-state index contributed by atoms with van der Waals surface area (Å²) in [4.78, 5) is 155. The van der Waals surface area contributed by atoms with Gasteiger partial charge in [0.2, 0.25) is 59.1 Å². The van der Waals surface area contributed by atoms with Gasteiger partial charge < -0.3 is 80.0 Å². The van der Waals surface area contributed by atoms with Gasteiger partial charge in [0.15, 0.2) is 0 Å². The van der Waals surface area contributed by atoms with Crippen LogP contribution < -0.4 is 64.6 Å². The van der Waals surface area contributed by atoms with Crippen molar-refractivity contribution in [1.82, 2.24) is 53.2 Å². The fraction of sp³-hybridized carbons (Fsp3) is 0.349. The predicted molar refractivity (Wildman–Crippen MR) is 345 cm³/mol. The SMILES string of the molecule is CNCCCC[C@@H]1NC(=O)[C@@H](Cc2ccc(C(N)=O)cc2)NC(=O)[C@H](Cc2ccc(O)cc2)NC(=O)[C@H](NC(=O)[C@H](Cc2ccc(Cl)cc2)NC(=O)CNC(=O)c2ccccc2)CSSC[C@@H](C(=O)N[C@H](Cc2ccc(O)cc2)C(N)=O)NC(=O)C(C(C)O)NC1=O. The lowest BCUT2D eigenvalue weighted by Gasteiger charge is -2.29. The highest BCUT2D eigenvalue weighted by Gasteiger charge is 2.37. The zero-order valence-corrected chi connectivity index (χ0v) is 52.7. The van der Waals surface area contributed by atoms with Crippen molar-refractivity contribution < 1.29 is 68.1 Å². The molecule has 29 heteroatoms. The summed E-state index contributed by atoms with van der Waals surface area (Å²) < 4.78 is 0. The Morgan fingerprint density at radius 2 is 1.12 bits per heavy atom. The maximum atomic E-state index is 15.1. The monoisotopic (exact) mass is 1320 g/mol. The van der Waals surface area contributed by atoms with Crippen molar-refractivity contribution in [2.45, 2.75) is 106 Å². The highest BCUT2D eigenvalue weighted by molar-refractivity contribution is 8.76. The minimum absolute atomic E-state index is 0.0441. The van der Waals surface area contributed by atoms with E-state index in [4.69, 9.17) is 23.1 Å². The molecule has 92 heavy (non-hydrogen) atoms. The number of halogens is 1. The van der Waals surface area contributed by atoms with E-state index in [0.29, 0.717) is 46.7 Å². The van der Waals surface area contributed by atoms with Crippen LogP contribution in [0.25, 0.3) is 0 Å². The molecule has 9 atom stereocenters. The van der Waals surface area contributed by atoms with Gasteiger partial charge in [0.1, 0.15) is 59.8 Å². The van der Waals surface area contributed by atoms with Crippen LogP contribution in [0.4, 0.5) is 0 Å². The van der Waals surface area contributed by atoms with Crippen molar-refractivity contribution in [2.75, 3.05) is 31.6 Å². The third-order valence-electron chi connectivity index (χ3n) is 14.5. The van der Waals surface area contributed by atoms with Gasteiger partial charge >= 0.3 is 0 Å². The van der Waals surface area contributed by atoms with Crippen LogP contribution in [0, 0.1) is 0 Å². The summed E-state index contributed by atoms with van der Waals surface area (Å²) in [5.41, 5.74) is 13.5. The largest absolute Gasteiger partial charge is 0.508 e. The van der Waals surface area contributed by atoms with Crippen LogP contribution in [-0.2, 0) is 68.8 Å². The maximum absolute atomic E-state index is 15.1. The summed E-state index contributed by atoms with van der Waals surface area (Å²) in [7, 11) is 3.50. The lowest BCUT2D eigenvalue weighted by molar-refractivity contribution is -0.136. The molecule has 0 aliphatic carbocycles. The lowest BCUT2D eigenvalue weighted by Crippen LogP contribution is -2.62. The minimum atomic E-state index is -1.80. The second-order valence-electron chi connectivity index (χ2n) is 21.7. The quantitative estimate of drug-likeness (QED) is 0.0287. The smallest absolute Gasteiger partial charge is 0.251 e. The number of nitrogens with two attached hydrogens (primary N) is 2. The molecule has 0 radical (unpaired) electrons. The summed E-state index contributed by atoms with van der Waals surface area (Å²) in [5.74, 6) is -10.9. The number of hydrogen-bond donors (Lipinski definition) is 15. The van der Waals surface area contributed by atoms with Crippen LogP contribution >= 0.6 is 33.2 Å². The fourth-order valence-electron chi connectivity index (χ4n) is 9.38. The second-order valence-corrected chi connectivity index (χ2v) is 24.7. The van der Waals surface area contributed by atoms with E-state index < -0.39 is 126 Å². The Morgan fingerprint density at radius 1 is 0.598 bits per heavy atom. The van der Waals surface area contributed by atoms with E-state index >= 15 is 9.59 Å². The molecule has 6 rings (SSSR count). The molecule has 5 aromatic carbocycles. The highest BCUT2D eigenvalue weighted by atomic mass is 35.5. The van der Waals surface area contributed by atoms with Crippen molar-refractivity contribution in [2.24, 2.45) is 11.5 Å². The first kappa shape index (κ1) is 71.9. The van der Waals surface area contributed by atoms with Gasteiger partial charge in [-0.15, -0.1) is 0 Å². The average molecular weight is 1320 g/mol. The number of nitrogens with one attached hydrogen (secondary N) is 10. The summed E-state index contributed by atoms with van der Waals surface area (Å²) >= 11 is 6.20. The number of aliphatic hydroxyl groups excluding tert-OH is 1. The second kappa shape index (κ2) is 36.0. The first-order valence-electron chi connectivity index (χ1n) is 29.3. The Balaban J connectivity index is 1.42. The molecule has 1 aliphatic heterocycles. The number of hydrogen-bond acceptors (Lipinski definition) is 17. The molecule has 0 saturated carbocycles. The van der Waals surface area contributed by atoms with Gasteiger partial charge in [0, 0.05) is 53.3 Å². The molecule has 1 saturated heterocycles. The van der Waals surface area contributed by atoms with E-state index in [1.54, 1.807) is 49.5 Å². The number of primary amides is 2. The van der Waals surface area contributed by atoms with Crippen LogP contribution in [0.15, 0.2) is 127 Å². The zero-order chi connectivity index (χ0) is 66.9. The number of carbonyl (C=O) groups is 11. The van der Waals surface area contributed by atoms with E-state index in [2.05, 4.69) is 53.2 Å². The van der Waals surface area contributed by atoms with Crippen LogP contribution in [0.3, 0.4) is 0 Å². The van der Waals surface area contributed by atoms with E-state index in [9.17, 15) is 58.5 Å². The molecule has 1 fully saturated rings. The summed E-state index contributed by atoms with van der Waals surface area (Å²) in [6.45, 7) is 1.12. The normalized spacial score (nSPS) is 19.5. The van der Waals surface area contributed by atoms with Crippen molar-refractivity contribution in [3.8, 4) is 11.5 Å². The van der Waals surface area contributed by atoms with Crippen LogP contribution in [0.5, 0.6) is 11.5 Å². The molecule has 17 N–H and O–H groups in total. The van der Waals surface area contributed by atoms with Gasteiger partial charge in [-0.1, -0.05) is 99.9 Å². The summed E-state index contributed by atoms with van der Waals surface area (Å²) in [5, 5.41) is 58.2. The number of benzene rings is 5. The number of unbranched alkanes of at least 4 members (excludes halogenated alkanes) is 1. The van der Waals surface area contributed by atoms with E-state index in [1.807, 2.05) is 0 Å². The number of amides is 11. The molecule has 0 bridgehead atoms. The van der Waals surface area contributed by atoms with E-state index in [0.717, 1.165) is 21.6 Å². The number of phenolic OH excluding ortho intramolecular Hbond substituents is 2. The van der Waals surface area contributed by atoms with E-state index in [1.165, 1.54) is 91.9 Å². The molecule has 26 nitrogen and oxygen atoms in total. The van der Waals surface area contributed by atoms with Crippen molar-refractivity contribution in [3.05, 3.63) is 166 Å². The number of phenols is 2. The first-order valence-corrected chi connectivity index (χ1v) is 32.1. The molecular formula is C63H75ClN12O14S2. The molecule has 0 aromatic heterocycles. The molecule has 11 amide bonds. The minimum Gasteiger partial charge on any atom is -0.508 e. The predicted octanol–water partition coefficient (Wildman–Crippen LogP) is 0.0799. The fourth-order valence-corrected chi connectivity index (χ4v) is 11.8. The number of aromatic hydroxyl groups is 2. The van der Waals surface area contributed by atoms with Gasteiger partial charge in [-0.25, -0.2) is 0 Å². The zero-order valence-electron chi connectivity index (χ0n) is 50.3. The first-order chi connectivity index (χ1) is 44.0. The molecular weight excluding hydrogens is 1250 g/mol. The highest BCUT2D eigenvalue weighted by Crippen LogP contribution is 2.25. The Labute approximate surface area is 543 Å². The standard InChI is InChI=1S/C63H75ClN12O14S2/c1-35(77)53-63(90)75-51(61(88)71-46(55(66)82)28-38-15-23-43(78)24-16-38)34-92-91-33-50(74-58(85)47(29-37-13-21-42(64)22-14-37)69-52(80)32-68-56(83)41-8-4-3-5-9-41)62(89)73-49(31-39-17-25-44(79)26-18-39)60(87)72-48(30-36-11-19-40(20-12-36)54(65)81)59(86)70-45(57(84)76-53)10-6-7-27-67-2/h3-5,8-9,11-26,35,45-51,53,67,77-79H,6-7,10,27-34H2,1-2H3,(H2,65,81)(H2,66,82)(H,68,83)(H,69,80)(H,70,86)(H,71,88)(H,72,87)(H,73,89)(H,74,85)(H,75,90)(H,76,84)/t35?,45-,46+,47-,48+,49-,50+,51-,53?/m0/s1. The third kappa shape index (κ3) is 23.2. The van der Waals surface area contributed by atoms with Gasteiger partial charge in [-0.2, -0.15) is 0 Å². The molecule has 5 aromatic rings. The van der Waals surface area contributed by atoms with Crippen molar-refractivity contribution in [1.29, 1.82) is 0 Å². The number of carbonyl (C=O) groups excluding carboxylic acids is 11. The van der Waals surface area contributed by atoms with E-state index in [-0.39, 0.29) is 66.2 Å². The number of aliphatic hydroxyl groups is 1. The molecule has 2 unspecified atom stereocenters. The maximum Gasteiger partial charge on any atom is 0.251 e. The molecule has 0 spiro atoms.